The molecule has 6 amide bonds. The molecule has 0 bridgehead atoms. The van der Waals surface area contributed by atoms with E-state index in [9.17, 15) is 28.8 Å². The minimum absolute atomic E-state index is 0.0422. The third kappa shape index (κ3) is 7.14. The van der Waals surface area contributed by atoms with Crippen LogP contribution in [0.2, 0.25) is 0 Å². The van der Waals surface area contributed by atoms with E-state index in [0.29, 0.717) is 65.9 Å². The van der Waals surface area contributed by atoms with Crippen molar-refractivity contribution in [2.24, 2.45) is 11.7 Å². The molecule has 2 fully saturated rings. The molecule has 4 aliphatic rings. The Labute approximate surface area is 327 Å². The van der Waals surface area contributed by atoms with Crippen molar-refractivity contribution in [3.63, 3.8) is 0 Å². The van der Waals surface area contributed by atoms with Crippen LogP contribution in [0.15, 0.2) is 77.7 Å². The zero-order chi connectivity index (χ0) is 38.9. The molecule has 2 unspecified atom stereocenters. The highest BCUT2D eigenvalue weighted by Crippen LogP contribution is 2.41. The Morgan fingerprint density at radius 2 is 1.62 bits per heavy atom. The van der Waals surface area contributed by atoms with Crippen molar-refractivity contribution < 1.29 is 33.5 Å². The number of carbonyl (C=O) groups excluding carboxylic acids is 6. The summed E-state index contributed by atoms with van der Waals surface area (Å²) in [5.41, 5.74) is 8.07. The number of amides is 6. The molecule has 0 spiro atoms. The van der Waals surface area contributed by atoms with Crippen LogP contribution in [0.1, 0.15) is 82.1 Å². The largest absolute Gasteiger partial charge is 0.457 e. The molecule has 1 aromatic heterocycles. The van der Waals surface area contributed by atoms with Gasteiger partial charge >= 0.3 is 0 Å². The SMILES string of the molecule is NC(=O)c1c(-c2ccc(Oc3ccccc3)cc2)nn2c1NCCC2C1CCN(C(=O)CCCSc2cccc3c2C(=O)N(C2CCC(=O)NC2=O)C3=O)CC1. The number of nitrogens with one attached hydrogen (secondary N) is 2. The highest BCUT2D eigenvalue weighted by Gasteiger charge is 2.45. The third-order valence-electron chi connectivity index (χ3n) is 11.0. The topological polar surface area (TPSA) is 186 Å². The van der Waals surface area contributed by atoms with E-state index in [4.69, 9.17) is 15.6 Å². The quantitative estimate of drug-likeness (QED) is 0.106. The number of imide groups is 2. The molecular formula is C41H41N7O7S. The van der Waals surface area contributed by atoms with Gasteiger partial charge in [0.05, 0.1) is 17.2 Å². The number of rotatable bonds is 11. The number of piperidine rings is 2. The fraction of sp³-hybridized carbons (Fsp3) is 0.341. The highest BCUT2D eigenvalue weighted by molar-refractivity contribution is 7.99. The van der Waals surface area contributed by atoms with E-state index >= 15 is 0 Å². The minimum Gasteiger partial charge on any atom is -0.457 e. The van der Waals surface area contributed by atoms with Gasteiger partial charge < -0.3 is 20.7 Å². The number of nitrogens with two attached hydrogens (primary N) is 1. The molecule has 5 heterocycles. The van der Waals surface area contributed by atoms with Gasteiger partial charge in [-0.15, -0.1) is 11.8 Å². The van der Waals surface area contributed by atoms with Gasteiger partial charge in [0, 0.05) is 42.9 Å². The number of hydrogen-bond acceptors (Lipinski definition) is 10. The number of likely N-dealkylation sites (tertiary alicyclic amines) is 1. The second kappa shape index (κ2) is 15.6. The molecule has 0 radical (unpaired) electrons. The Morgan fingerprint density at radius 3 is 2.36 bits per heavy atom. The number of para-hydroxylation sites is 1. The predicted molar refractivity (Wildman–Crippen MR) is 207 cm³/mol. The second-order valence-corrected chi connectivity index (χ2v) is 15.5. The number of carbonyl (C=O) groups is 6. The molecule has 4 aromatic rings. The standard InChI is InChI=1S/C41H41N7O7S/c42-37(51)35-36(25-11-13-27(14-12-25)55-26-6-2-1-3-7-26)45-48-29(17-20-43-38(35)48)24-18-21-46(22-19-24)33(50)10-5-23-56-31-9-4-8-28-34(31)41(54)47(40(28)53)30-15-16-32(49)44-39(30)52/h1-4,6-9,11-14,24,29-30,43H,5,10,15-23H2,(H2,42,51)(H,44,49,52). The van der Waals surface area contributed by atoms with E-state index < -0.39 is 35.6 Å². The normalized spacial score (nSPS) is 19.6. The number of fused-ring (bicyclic) bond motifs is 2. The van der Waals surface area contributed by atoms with Crippen molar-refractivity contribution >= 4 is 53.0 Å². The molecular weight excluding hydrogens is 735 g/mol. The van der Waals surface area contributed by atoms with Gasteiger partial charge in [0.1, 0.15) is 34.6 Å². The summed E-state index contributed by atoms with van der Waals surface area (Å²) in [6.45, 7) is 1.92. The van der Waals surface area contributed by atoms with E-state index in [0.717, 1.165) is 35.5 Å². The first-order chi connectivity index (χ1) is 27.2. The molecule has 0 aliphatic carbocycles. The Hall–Kier alpha value is -5.96. The second-order valence-electron chi connectivity index (χ2n) is 14.4. The monoisotopic (exact) mass is 775 g/mol. The number of primary amides is 1. The Kier molecular flexibility index (Phi) is 10.3. The summed E-state index contributed by atoms with van der Waals surface area (Å²) < 4.78 is 7.87. The molecule has 4 N–H and O–H groups in total. The van der Waals surface area contributed by atoms with Crippen LogP contribution in [0.3, 0.4) is 0 Å². The Bertz CT molecular complexity index is 2220. The van der Waals surface area contributed by atoms with Gasteiger partial charge in [-0.2, -0.15) is 5.10 Å². The smallest absolute Gasteiger partial charge is 0.263 e. The molecule has 3 aromatic carbocycles. The van der Waals surface area contributed by atoms with Gasteiger partial charge in [-0.05, 0) is 92.3 Å². The Morgan fingerprint density at radius 1 is 0.875 bits per heavy atom. The van der Waals surface area contributed by atoms with Gasteiger partial charge in [-0.25, -0.2) is 4.68 Å². The van der Waals surface area contributed by atoms with Gasteiger partial charge in [-0.1, -0.05) is 24.3 Å². The number of thioether (sulfide) groups is 1. The van der Waals surface area contributed by atoms with Crippen molar-refractivity contribution in [3.8, 4) is 22.8 Å². The summed E-state index contributed by atoms with van der Waals surface area (Å²) in [4.78, 5) is 80.3. The first kappa shape index (κ1) is 37.0. The van der Waals surface area contributed by atoms with Crippen molar-refractivity contribution in [1.29, 1.82) is 0 Å². The van der Waals surface area contributed by atoms with Crippen LogP contribution < -0.4 is 21.1 Å². The van der Waals surface area contributed by atoms with Crippen molar-refractivity contribution in [2.75, 3.05) is 30.7 Å². The zero-order valence-corrected chi connectivity index (χ0v) is 31.4. The van der Waals surface area contributed by atoms with E-state index in [-0.39, 0.29) is 41.8 Å². The fourth-order valence-electron chi connectivity index (χ4n) is 8.18. The summed E-state index contributed by atoms with van der Waals surface area (Å²) in [7, 11) is 0. The molecule has 15 heteroatoms. The van der Waals surface area contributed by atoms with Gasteiger partial charge in [0.2, 0.25) is 17.7 Å². The van der Waals surface area contributed by atoms with Gasteiger partial charge in [0.15, 0.2) is 0 Å². The molecule has 2 atom stereocenters. The Balaban J connectivity index is 0.859. The predicted octanol–water partition coefficient (Wildman–Crippen LogP) is 5.01. The number of hydrogen-bond donors (Lipinski definition) is 3. The number of aromatic nitrogens is 2. The van der Waals surface area contributed by atoms with Crippen LogP contribution >= 0.6 is 11.8 Å². The van der Waals surface area contributed by atoms with Crippen LogP contribution in [0.4, 0.5) is 5.82 Å². The fourth-order valence-corrected chi connectivity index (χ4v) is 9.21. The molecule has 288 valence electrons. The maximum atomic E-state index is 13.4. The lowest BCUT2D eigenvalue weighted by Gasteiger charge is -2.38. The minimum atomic E-state index is -1.02. The van der Waals surface area contributed by atoms with Gasteiger partial charge in [0.25, 0.3) is 17.7 Å². The molecule has 4 aliphatic heterocycles. The summed E-state index contributed by atoms with van der Waals surface area (Å²) in [5, 5.41) is 10.5. The molecule has 0 saturated carbocycles. The van der Waals surface area contributed by atoms with Crippen LogP contribution in [0.5, 0.6) is 11.5 Å². The van der Waals surface area contributed by atoms with Gasteiger partial charge in [-0.3, -0.25) is 39.0 Å². The molecule has 14 nitrogen and oxygen atoms in total. The van der Waals surface area contributed by atoms with E-state index in [1.165, 1.54) is 11.8 Å². The summed E-state index contributed by atoms with van der Waals surface area (Å²) in [6.07, 6.45) is 3.50. The number of nitrogens with zero attached hydrogens (tertiary/aromatic N) is 4. The molecule has 56 heavy (non-hydrogen) atoms. The first-order valence-corrected chi connectivity index (χ1v) is 19.9. The molecule has 2 saturated heterocycles. The maximum absolute atomic E-state index is 13.4. The van der Waals surface area contributed by atoms with Crippen molar-refractivity contribution in [2.45, 2.75) is 61.9 Å². The number of benzene rings is 3. The summed E-state index contributed by atoms with van der Waals surface area (Å²) in [5.74, 6) is 0.201. The maximum Gasteiger partial charge on any atom is 0.263 e. The van der Waals surface area contributed by atoms with Crippen molar-refractivity contribution in [3.05, 3.63) is 89.5 Å². The molecule has 8 rings (SSSR count). The zero-order valence-electron chi connectivity index (χ0n) is 30.6. The van der Waals surface area contributed by atoms with Crippen LogP contribution in [0.25, 0.3) is 11.3 Å². The van der Waals surface area contributed by atoms with Crippen molar-refractivity contribution in [1.82, 2.24) is 24.9 Å². The van der Waals surface area contributed by atoms with E-state index in [1.54, 1.807) is 18.2 Å². The van der Waals surface area contributed by atoms with Crippen LogP contribution in [-0.4, -0.2) is 86.5 Å². The first-order valence-electron chi connectivity index (χ1n) is 18.9. The lowest BCUT2D eigenvalue weighted by atomic mass is 9.86. The average Bonchev–Trinajstić information content (AvgIpc) is 3.72. The van der Waals surface area contributed by atoms with Crippen LogP contribution in [-0.2, 0) is 14.4 Å². The average molecular weight is 776 g/mol. The summed E-state index contributed by atoms with van der Waals surface area (Å²) in [6, 6.07) is 21.0. The van der Waals surface area contributed by atoms with Crippen LogP contribution in [0, 0.1) is 5.92 Å². The third-order valence-corrected chi connectivity index (χ3v) is 12.1. The highest BCUT2D eigenvalue weighted by atomic mass is 32.2. The summed E-state index contributed by atoms with van der Waals surface area (Å²) >= 11 is 1.41. The van der Waals surface area contributed by atoms with E-state index in [2.05, 4.69) is 10.6 Å². The lowest BCUT2D eigenvalue weighted by molar-refractivity contribution is -0.136. The van der Waals surface area contributed by atoms with E-state index in [1.807, 2.05) is 64.2 Å². The lowest BCUT2D eigenvalue weighted by Crippen LogP contribution is -2.54. The number of ether oxygens (including phenoxy) is 1. The number of anilines is 1.